The highest BCUT2D eigenvalue weighted by Crippen LogP contribution is 2.28. The van der Waals surface area contributed by atoms with Crippen molar-refractivity contribution in [2.75, 3.05) is 7.11 Å². The van der Waals surface area contributed by atoms with Crippen LogP contribution in [0.4, 0.5) is 0 Å². The van der Waals surface area contributed by atoms with Crippen LogP contribution in [0, 0.1) is 0 Å². The summed E-state index contributed by atoms with van der Waals surface area (Å²) in [5, 5.41) is 13.3. The third kappa shape index (κ3) is 3.65. The molecule has 4 aromatic carbocycles. The summed E-state index contributed by atoms with van der Waals surface area (Å²) < 4.78 is 5.22. The van der Waals surface area contributed by atoms with Crippen molar-refractivity contribution >= 4 is 34.1 Å². The number of ether oxygens (including phenoxy) is 1. The van der Waals surface area contributed by atoms with E-state index in [1.165, 1.54) is 0 Å². The molecule has 134 valence electrons. The van der Waals surface area contributed by atoms with Gasteiger partial charge in [0.25, 0.3) is 0 Å². The lowest BCUT2D eigenvalue weighted by molar-refractivity contribution is 0.111. The fourth-order valence-corrected chi connectivity index (χ4v) is 2.95. The minimum atomic E-state index is 0.0631. The van der Waals surface area contributed by atoms with Gasteiger partial charge in [0.05, 0.1) is 18.2 Å². The van der Waals surface area contributed by atoms with Crippen LogP contribution in [0.25, 0.3) is 21.5 Å². The molecule has 4 heteroatoms. The van der Waals surface area contributed by atoms with Crippen molar-refractivity contribution in [3.8, 4) is 11.5 Å². The van der Waals surface area contributed by atoms with Crippen molar-refractivity contribution in [2.45, 2.75) is 0 Å². The van der Waals surface area contributed by atoms with Gasteiger partial charge in [0.2, 0.25) is 0 Å². The lowest BCUT2D eigenvalue weighted by atomic mass is 10.1. The first-order valence-electron chi connectivity index (χ1n) is 8.36. The molecule has 0 atom stereocenters. The quantitative estimate of drug-likeness (QED) is 0.522. The van der Waals surface area contributed by atoms with Crippen molar-refractivity contribution < 1.29 is 19.4 Å². The third-order valence-electron chi connectivity index (χ3n) is 4.30. The molecule has 0 aliphatic heterocycles. The molecule has 0 spiro atoms. The highest BCUT2D eigenvalue weighted by molar-refractivity contribution is 5.96. The maximum absolute atomic E-state index is 10.7. The van der Waals surface area contributed by atoms with Gasteiger partial charge in [0, 0.05) is 10.8 Å². The predicted octanol–water partition coefficient (Wildman–Crippen LogP) is 5.02. The van der Waals surface area contributed by atoms with Gasteiger partial charge in [-0.25, -0.2) is 0 Å². The van der Waals surface area contributed by atoms with E-state index in [2.05, 4.69) is 0 Å². The molecule has 0 aromatic heterocycles. The maximum atomic E-state index is 10.7. The normalized spacial score (nSPS) is 10.1. The number of hydrogen-bond acceptors (Lipinski definition) is 4. The fourth-order valence-electron chi connectivity index (χ4n) is 2.95. The Labute approximate surface area is 156 Å². The lowest BCUT2D eigenvalue weighted by Gasteiger charge is -2.07. The number of phenols is 1. The van der Waals surface area contributed by atoms with E-state index in [1.807, 2.05) is 54.6 Å². The number of phenolic OH excluding ortho intramolecular Hbond substituents is 1. The molecule has 0 amide bonds. The molecule has 0 saturated carbocycles. The molecule has 0 radical (unpaired) electrons. The minimum Gasteiger partial charge on any atom is -0.507 e. The molecule has 0 aliphatic carbocycles. The number of benzene rings is 4. The Kier molecular flexibility index (Phi) is 5.47. The SMILES string of the molecule is COc1c(C=O)ccc2ccccc12.O=Cc1ccc2ccccc2c1O. The van der Waals surface area contributed by atoms with Gasteiger partial charge in [0.1, 0.15) is 11.5 Å². The number of carbonyl (C=O) groups excluding carboxylic acids is 2. The van der Waals surface area contributed by atoms with Gasteiger partial charge in [0.15, 0.2) is 12.6 Å². The van der Waals surface area contributed by atoms with Gasteiger partial charge in [-0.1, -0.05) is 60.7 Å². The number of rotatable bonds is 3. The van der Waals surface area contributed by atoms with Crippen LogP contribution in [-0.2, 0) is 0 Å². The number of carbonyl (C=O) groups is 2. The van der Waals surface area contributed by atoms with Crippen molar-refractivity contribution in [3.05, 3.63) is 83.9 Å². The molecule has 0 heterocycles. The van der Waals surface area contributed by atoms with Crippen LogP contribution in [0.3, 0.4) is 0 Å². The summed E-state index contributed by atoms with van der Waals surface area (Å²) in [6.45, 7) is 0. The second kappa shape index (κ2) is 8.15. The summed E-state index contributed by atoms with van der Waals surface area (Å²) in [6, 6.07) is 22.4. The summed E-state index contributed by atoms with van der Waals surface area (Å²) >= 11 is 0. The Balaban J connectivity index is 0.000000156. The van der Waals surface area contributed by atoms with Gasteiger partial charge in [-0.2, -0.15) is 0 Å². The molecule has 0 fully saturated rings. The first-order chi connectivity index (χ1) is 13.2. The minimum absolute atomic E-state index is 0.0631. The van der Waals surface area contributed by atoms with Crippen LogP contribution in [0.5, 0.6) is 11.5 Å². The van der Waals surface area contributed by atoms with E-state index in [1.54, 1.807) is 25.3 Å². The number of aromatic hydroxyl groups is 1. The Morgan fingerprint density at radius 2 is 1.22 bits per heavy atom. The molecule has 0 unspecified atom stereocenters. The van der Waals surface area contributed by atoms with E-state index in [0.29, 0.717) is 28.5 Å². The molecule has 0 bridgehead atoms. The summed E-state index contributed by atoms with van der Waals surface area (Å²) in [6.07, 6.45) is 1.47. The van der Waals surface area contributed by atoms with Crippen LogP contribution in [0.15, 0.2) is 72.8 Å². The molecule has 4 rings (SSSR count). The number of aldehydes is 2. The lowest BCUT2D eigenvalue weighted by Crippen LogP contribution is -1.91. The summed E-state index contributed by atoms with van der Waals surface area (Å²) in [5.41, 5.74) is 0.921. The number of hydrogen-bond donors (Lipinski definition) is 1. The summed E-state index contributed by atoms with van der Waals surface area (Å²) in [5.74, 6) is 0.714. The van der Waals surface area contributed by atoms with E-state index in [4.69, 9.17) is 4.74 Å². The standard InChI is InChI=1S/C12H10O2.C11H8O2/c1-14-12-10(8-13)7-6-9-4-2-3-5-11(9)12;12-7-9-6-5-8-3-1-2-4-10(8)11(9)13/h2-8H,1H3;1-7,13H. The van der Waals surface area contributed by atoms with E-state index < -0.39 is 0 Å². The van der Waals surface area contributed by atoms with Gasteiger partial charge in [-0.15, -0.1) is 0 Å². The number of fused-ring (bicyclic) bond motifs is 2. The maximum Gasteiger partial charge on any atom is 0.153 e. The van der Waals surface area contributed by atoms with E-state index in [9.17, 15) is 14.7 Å². The third-order valence-corrected chi connectivity index (χ3v) is 4.30. The predicted molar refractivity (Wildman–Crippen MR) is 107 cm³/mol. The molecular formula is C23H18O4. The molecule has 4 aromatic rings. The van der Waals surface area contributed by atoms with Crippen molar-refractivity contribution in [2.24, 2.45) is 0 Å². The Bertz CT molecular complexity index is 1120. The Hall–Kier alpha value is -3.66. The summed E-state index contributed by atoms with van der Waals surface area (Å²) in [4.78, 5) is 21.3. The van der Waals surface area contributed by atoms with Gasteiger partial charge >= 0.3 is 0 Å². The van der Waals surface area contributed by atoms with Crippen LogP contribution < -0.4 is 4.74 Å². The Morgan fingerprint density at radius 3 is 1.81 bits per heavy atom. The topological polar surface area (TPSA) is 63.6 Å². The van der Waals surface area contributed by atoms with Crippen LogP contribution in [0.1, 0.15) is 20.7 Å². The van der Waals surface area contributed by atoms with Crippen LogP contribution in [0.2, 0.25) is 0 Å². The van der Waals surface area contributed by atoms with Crippen molar-refractivity contribution in [1.82, 2.24) is 0 Å². The van der Waals surface area contributed by atoms with Crippen LogP contribution in [-0.4, -0.2) is 24.8 Å². The van der Waals surface area contributed by atoms with Gasteiger partial charge in [-0.3, -0.25) is 9.59 Å². The first kappa shape index (κ1) is 18.1. The second-order valence-electron chi connectivity index (χ2n) is 5.87. The molecule has 1 N–H and O–H groups in total. The molecule has 27 heavy (non-hydrogen) atoms. The molecule has 0 saturated heterocycles. The molecule has 0 aliphatic rings. The number of methoxy groups -OCH3 is 1. The summed E-state index contributed by atoms with van der Waals surface area (Å²) in [7, 11) is 1.58. The zero-order valence-corrected chi connectivity index (χ0v) is 14.8. The average Bonchev–Trinajstić information content (AvgIpc) is 2.73. The smallest absolute Gasteiger partial charge is 0.153 e. The average molecular weight is 358 g/mol. The molecule has 4 nitrogen and oxygen atoms in total. The van der Waals surface area contributed by atoms with E-state index in [-0.39, 0.29) is 5.75 Å². The highest BCUT2D eigenvalue weighted by Gasteiger charge is 2.06. The van der Waals surface area contributed by atoms with Gasteiger partial charge < -0.3 is 9.84 Å². The Morgan fingerprint density at radius 1 is 0.704 bits per heavy atom. The largest absolute Gasteiger partial charge is 0.507 e. The highest BCUT2D eigenvalue weighted by atomic mass is 16.5. The fraction of sp³-hybridized carbons (Fsp3) is 0.0435. The van der Waals surface area contributed by atoms with Crippen molar-refractivity contribution in [3.63, 3.8) is 0 Å². The van der Waals surface area contributed by atoms with Crippen LogP contribution >= 0.6 is 0 Å². The monoisotopic (exact) mass is 358 g/mol. The first-order valence-corrected chi connectivity index (χ1v) is 8.36. The van der Waals surface area contributed by atoms with E-state index in [0.717, 1.165) is 22.4 Å². The zero-order chi connectivity index (χ0) is 19.2. The zero-order valence-electron chi connectivity index (χ0n) is 14.8. The van der Waals surface area contributed by atoms with Gasteiger partial charge in [-0.05, 0) is 22.9 Å². The van der Waals surface area contributed by atoms with Crippen molar-refractivity contribution in [1.29, 1.82) is 0 Å². The molecular weight excluding hydrogens is 340 g/mol. The van der Waals surface area contributed by atoms with E-state index >= 15 is 0 Å². The second-order valence-corrected chi connectivity index (χ2v) is 5.87.